The molecule has 2 heterocycles. The summed E-state index contributed by atoms with van der Waals surface area (Å²) < 4.78 is 5.27. The molecule has 1 aliphatic heterocycles. The Morgan fingerprint density at radius 3 is 2.83 bits per heavy atom. The van der Waals surface area contributed by atoms with Crippen LogP contribution in [0.1, 0.15) is 25.1 Å². The number of aromatic nitrogens is 1. The number of ether oxygens (including phenoxy) is 1. The summed E-state index contributed by atoms with van der Waals surface area (Å²) in [4.78, 5) is 29.8. The number of para-hydroxylation sites is 1. The number of aromatic amines is 1. The molecule has 0 saturated carbocycles. The Kier molecular flexibility index (Phi) is 4.06. The van der Waals surface area contributed by atoms with Gasteiger partial charge in [0.1, 0.15) is 5.88 Å². The van der Waals surface area contributed by atoms with Crippen LogP contribution >= 0.6 is 11.6 Å². The second-order valence-electron chi connectivity index (χ2n) is 5.75. The first-order chi connectivity index (χ1) is 11.0. The predicted molar refractivity (Wildman–Crippen MR) is 88.4 cm³/mol. The van der Waals surface area contributed by atoms with Gasteiger partial charge in [-0.25, -0.2) is 4.79 Å². The van der Waals surface area contributed by atoms with Gasteiger partial charge in [-0.15, -0.1) is 11.6 Å². The molecule has 1 N–H and O–H groups in total. The van der Waals surface area contributed by atoms with Gasteiger partial charge < -0.3 is 14.6 Å². The van der Waals surface area contributed by atoms with Crippen LogP contribution < -0.4 is 0 Å². The molecule has 0 bridgehead atoms. The average Bonchev–Trinajstić information content (AvgIpc) is 2.94. The number of hydrogen-bond acceptors (Lipinski definition) is 3. The Morgan fingerprint density at radius 1 is 1.39 bits per heavy atom. The first kappa shape index (κ1) is 15.9. The minimum Gasteiger partial charge on any atom is -0.464 e. The Bertz CT molecular complexity index is 770. The van der Waals surface area contributed by atoms with E-state index in [2.05, 4.69) is 4.98 Å². The fourth-order valence-electron chi connectivity index (χ4n) is 3.39. The van der Waals surface area contributed by atoms with Crippen LogP contribution in [0, 0.1) is 0 Å². The van der Waals surface area contributed by atoms with Gasteiger partial charge in [0.2, 0.25) is 5.91 Å². The molecule has 1 unspecified atom stereocenters. The third-order valence-corrected chi connectivity index (χ3v) is 4.74. The number of esters is 1. The highest BCUT2D eigenvalue weighted by Gasteiger charge is 2.49. The van der Waals surface area contributed by atoms with Gasteiger partial charge in [0.25, 0.3) is 0 Å². The number of fused-ring (bicyclic) bond motifs is 3. The van der Waals surface area contributed by atoms with Crippen molar-refractivity contribution in [2.45, 2.75) is 25.8 Å². The lowest BCUT2D eigenvalue weighted by Gasteiger charge is -2.42. The number of amides is 1. The van der Waals surface area contributed by atoms with Crippen LogP contribution in [0.3, 0.4) is 0 Å². The van der Waals surface area contributed by atoms with Crippen LogP contribution in [0.4, 0.5) is 0 Å². The summed E-state index contributed by atoms with van der Waals surface area (Å²) in [6.07, 6.45) is 0.678. The third kappa shape index (κ3) is 2.30. The number of halogens is 1. The lowest BCUT2D eigenvalue weighted by atomic mass is 9.86. The van der Waals surface area contributed by atoms with Crippen molar-refractivity contribution in [3.8, 4) is 0 Å². The van der Waals surface area contributed by atoms with Gasteiger partial charge in [0.05, 0.1) is 12.3 Å². The molecule has 122 valence electrons. The van der Waals surface area contributed by atoms with Crippen molar-refractivity contribution in [2.75, 3.05) is 19.0 Å². The second-order valence-corrected chi connectivity index (χ2v) is 6.01. The van der Waals surface area contributed by atoms with Gasteiger partial charge in [-0.1, -0.05) is 18.2 Å². The fourth-order valence-corrected chi connectivity index (χ4v) is 3.53. The van der Waals surface area contributed by atoms with Crippen LogP contribution in [0.15, 0.2) is 24.3 Å². The van der Waals surface area contributed by atoms with Crippen molar-refractivity contribution in [3.63, 3.8) is 0 Å². The van der Waals surface area contributed by atoms with E-state index in [1.807, 2.05) is 24.3 Å². The predicted octanol–water partition coefficient (Wildman–Crippen LogP) is 2.57. The number of alkyl halides is 1. The molecular formula is C17H19ClN2O3. The van der Waals surface area contributed by atoms with E-state index in [4.69, 9.17) is 16.3 Å². The van der Waals surface area contributed by atoms with E-state index in [1.165, 1.54) is 4.90 Å². The Hall–Kier alpha value is -2.01. The number of benzene rings is 1. The van der Waals surface area contributed by atoms with E-state index in [-0.39, 0.29) is 18.4 Å². The molecule has 1 amide bonds. The van der Waals surface area contributed by atoms with Crippen molar-refractivity contribution in [2.24, 2.45) is 0 Å². The monoisotopic (exact) mass is 334 g/mol. The van der Waals surface area contributed by atoms with Crippen molar-refractivity contribution in [1.82, 2.24) is 9.88 Å². The highest BCUT2D eigenvalue weighted by Crippen LogP contribution is 2.39. The molecule has 2 aromatic rings. The molecule has 1 aromatic carbocycles. The molecule has 0 fully saturated rings. The number of nitrogens with zero attached hydrogens (tertiary/aromatic N) is 1. The zero-order valence-electron chi connectivity index (χ0n) is 13.2. The normalized spacial score (nSPS) is 20.4. The minimum absolute atomic E-state index is 0.162. The summed E-state index contributed by atoms with van der Waals surface area (Å²) in [5.74, 6) is -0.873. The third-order valence-electron chi connectivity index (χ3n) is 4.51. The summed E-state index contributed by atoms with van der Waals surface area (Å²) in [5, 5.41) is 1.08. The molecule has 1 aliphatic rings. The molecule has 0 spiro atoms. The van der Waals surface area contributed by atoms with Crippen LogP contribution in [0.25, 0.3) is 10.9 Å². The SMILES string of the molecule is CCOC(=O)C1(C)c2[nH]c3ccccc3c2CCN1C(=O)CCl. The summed E-state index contributed by atoms with van der Waals surface area (Å²) >= 11 is 5.75. The first-order valence-corrected chi connectivity index (χ1v) is 8.21. The Morgan fingerprint density at radius 2 is 2.13 bits per heavy atom. The fraction of sp³-hybridized carbons (Fsp3) is 0.412. The van der Waals surface area contributed by atoms with Crippen LogP contribution in [-0.4, -0.2) is 40.8 Å². The summed E-state index contributed by atoms with van der Waals surface area (Å²) in [6, 6.07) is 7.89. The maximum Gasteiger partial charge on any atom is 0.338 e. The molecule has 5 nitrogen and oxygen atoms in total. The lowest BCUT2D eigenvalue weighted by Crippen LogP contribution is -2.57. The average molecular weight is 335 g/mol. The zero-order chi connectivity index (χ0) is 16.6. The molecule has 1 aromatic heterocycles. The highest BCUT2D eigenvalue weighted by molar-refractivity contribution is 6.27. The van der Waals surface area contributed by atoms with Gasteiger partial charge in [0.15, 0.2) is 5.54 Å². The highest BCUT2D eigenvalue weighted by atomic mass is 35.5. The standard InChI is InChI=1S/C17H19ClN2O3/c1-3-23-16(22)17(2)15-12(8-9-20(17)14(21)10-18)11-6-4-5-7-13(11)19-15/h4-7,19H,3,8-10H2,1-2H3. The van der Waals surface area contributed by atoms with Gasteiger partial charge in [0, 0.05) is 17.4 Å². The van der Waals surface area contributed by atoms with Gasteiger partial charge >= 0.3 is 5.97 Å². The topological polar surface area (TPSA) is 62.4 Å². The van der Waals surface area contributed by atoms with Crippen molar-refractivity contribution >= 4 is 34.4 Å². The summed E-state index contributed by atoms with van der Waals surface area (Å²) in [5.41, 5.74) is 1.55. The quantitative estimate of drug-likeness (QED) is 0.693. The van der Waals surface area contributed by atoms with Crippen molar-refractivity contribution in [1.29, 1.82) is 0 Å². The van der Waals surface area contributed by atoms with E-state index >= 15 is 0 Å². The summed E-state index contributed by atoms with van der Waals surface area (Å²) in [6.45, 7) is 4.18. The first-order valence-electron chi connectivity index (χ1n) is 7.67. The van der Waals surface area contributed by atoms with E-state index in [0.717, 1.165) is 22.2 Å². The van der Waals surface area contributed by atoms with Crippen molar-refractivity contribution < 1.29 is 14.3 Å². The number of hydrogen-bond donors (Lipinski definition) is 1. The Balaban J connectivity index is 2.21. The van der Waals surface area contributed by atoms with E-state index in [0.29, 0.717) is 13.0 Å². The summed E-state index contributed by atoms with van der Waals surface area (Å²) in [7, 11) is 0. The van der Waals surface area contributed by atoms with Crippen LogP contribution in [-0.2, 0) is 26.3 Å². The van der Waals surface area contributed by atoms with Crippen LogP contribution in [0.5, 0.6) is 0 Å². The maximum atomic E-state index is 12.7. The number of carbonyl (C=O) groups excluding carboxylic acids is 2. The molecule has 0 saturated heterocycles. The van der Waals surface area contributed by atoms with E-state index < -0.39 is 11.5 Å². The van der Waals surface area contributed by atoms with Gasteiger partial charge in [-0.3, -0.25) is 4.79 Å². The molecule has 23 heavy (non-hydrogen) atoms. The smallest absolute Gasteiger partial charge is 0.338 e. The molecule has 1 atom stereocenters. The van der Waals surface area contributed by atoms with Crippen molar-refractivity contribution in [3.05, 3.63) is 35.5 Å². The molecule has 6 heteroatoms. The van der Waals surface area contributed by atoms with E-state index in [1.54, 1.807) is 13.8 Å². The largest absolute Gasteiger partial charge is 0.464 e. The number of nitrogens with one attached hydrogen (secondary N) is 1. The second kappa shape index (κ2) is 5.89. The molecular weight excluding hydrogens is 316 g/mol. The van der Waals surface area contributed by atoms with E-state index in [9.17, 15) is 9.59 Å². The Labute approximate surface area is 139 Å². The minimum atomic E-state index is -1.19. The van der Waals surface area contributed by atoms with Crippen LogP contribution in [0.2, 0.25) is 0 Å². The number of carbonyl (C=O) groups is 2. The van der Waals surface area contributed by atoms with Gasteiger partial charge in [-0.05, 0) is 31.9 Å². The number of H-pyrrole nitrogens is 1. The zero-order valence-corrected chi connectivity index (χ0v) is 13.9. The number of rotatable bonds is 3. The van der Waals surface area contributed by atoms with Gasteiger partial charge in [-0.2, -0.15) is 0 Å². The lowest BCUT2D eigenvalue weighted by molar-refractivity contribution is -0.164. The maximum absolute atomic E-state index is 12.7. The molecule has 3 rings (SSSR count). The molecule has 0 radical (unpaired) electrons. The molecule has 0 aliphatic carbocycles.